The van der Waals surface area contributed by atoms with Gasteiger partial charge in [-0.15, -0.1) is 0 Å². The molecule has 1 rings (SSSR count). The quantitative estimate of drug-likeness (QED) is 0.584. The van der Waals surface area contributed by atoms with E-state index in [0.717, 1.165) is 6.54 Å². The standard InChI is InChI=1S/C18H31N/c1-5-7-8-9-10-18(19-6-2)17-13-11-16(12-14-17)15(3)4/h11-15,18-19H,5-10H2,1-4H3. The van der Waals surface area contributed by atoms with Crippen LogP contribution >= 0.6 is 0 Å². The van der Waals surface area contributed by atoms with Crippen molar-refractivity contribution < 1.29 is 0 Å². The summed E-state index contributed by atoms with van der Waals surface area (Å²) in [6.45, 7) is 10.0. The van der Waals surface area contributed by atoms with E-state index in [1.54, 1.807) is 0 Å². The Hall–Kier alpha value is -0.820. The van der Waals surface area contributed by atoms with Gasteiger partial charge < -0.3 is 5.32 Å². The van der Waals surface area contributed by atoms with Gasteiger partial charge >= 0.3 is 0 Å². The second-order valence-corrected chi connectivity index (χ2v) is 5.78. The van der Waals surface area contributed by atoms with Crippen molar-refractivity contribution in [3.63, 3.8) is 0 Å². The van der Waals surface area contributed by atoms with Crippen LogP contribution in [0, 0.1) is 0 Å². The third-order valence-corrected chi connectivity index (χ3v) is 3.80. The van der Waals surface area contributed by atoms with Crippen LogP contribution in [0.3, 0.4) is 0 Å². The van der Waals surface area contributed by atoms with Crippen LogP contribution in [-0.2, 0) is 0 Å². The summed E-state index contributed by atoms with van der Waals surface area (Å²) in [5.74, 6) is 0.621. The van der Waals surface area contributed by atoms with Gasteiger partial charge in [0.1, 0.15) is 0 Å². The number of benzene rings is 1. The van der Waals surface area contributed by atoms with Gasteiger partial charge in [-0.1, -0.05) is 77.6 Å². The van der Waals surface area contributed by atoms with Crippen LogP contribution < -0.4 is 5.32 Å². The van der Waals surface area contributed by atoms with Crippen molar-refractivity contribution in [1.29, 1.82) is 0 Å². The van der Waals surface area contributed by atoms with E-state index >= 15 is 0 Å². The molecular formula is C18H31N. The molecule has 0 aliphatic heterocycles. The van der Waals surface area contributed by atoms with Crippen LogP contribution in [0.15, 0.2) is 24.3 Å². The summed E-state index contributed by atoms with van der Waals surface area (Å²) in [7, 11) is 0. The van der Waals surface area contributed by atoms with Gasteiger partial charge in [0.05, 0.1) is 0 Å². The van der Waals surface area contributed by atoms with Crippen molar-refractivity contribution >= 4 is 0 Å². The molecule has 0 aliphatic carbocycles. The van der Waals surface area contributed by atoms with E-state index in [-0.39, 0.29) is 0 Å². The molecule has 0 heterocycles. The first-order valence-corrected chi connectivity index (χ1v) is 8.02. The molecule has 0 bridgehead atoms. The highest BCUT2D eigenvalue weighted by molar-refractivity contribution is 5.26. The minimum Gasteiger partial charge on any atom is -0.310 e. The van der Waals surface area contributed by atoms with Gasteiger partial charge in [0.25, 0.3) is 0 Å². The molecule has 0 spiro atoms. The number of nitrogens with one attached hydrogen (secondary N) is 1. The molecule has 0 aromatic heterocycles. The second kappa shape index (κ2) is 9.14. The summed E-state index contributed by atoms with van der Waals surface area (Å²) >= 11 is 0. The molecule has 0 saturated heterocycles. The molecule has 1 unspecified atom stereocenters. The second-order valence-electron chi connectivity index (χ2n) is 5.78. The van der Waals surface area contributed by atoms with Gasteiger partial charge in [0.2, 0.25) is 0 Å². The average molecular weight is 261 g/mol. The van der Waals surface area contributed by atoms with Crippen molar-refractivity contribution in [1.82, 2.24) is 5.32 Å². The third kappa shape index (κ3) is 5.78. The van der Waals surface area contributed by atoms with Crippen LogP contribution in [0.4, 0.5) is 0 Å². The maximum absolute atomic E-state index is 3.62. The van der Waals surface area contributed by atoms with E-state index in [1.165, 1.54) is 43.2 Å². The zero-order valence-electron chi connectivity index (χ0n) is 13.2. The molecule has 1 N–H and O–H groups in total. The minimum absolute atomic E-state index is 0.531. The Bertz CT molecular complexity index is 326. The average Bonchev–Trinajstić information content (AvgIpc) is 2.42. The topological polar surface area (TPSA) is 12.0 Å². The number of hydrogen-bond donors (Lipinski definition) is 1. The first-order valence-electron chi connectivity index (χ1n) is 8.02. The summed E-state index contributed by atoms with van der Waals surface area (Å²) in [5, 5.41) is 3.62. The van der Waals surface area contributed by atoms with Crippen molar-refractivity contribution in [2.45, 2.75) is 71.8 Å². The maximum Gasteiger partial charge on any atom is 0.0320 e. The molecule has 0 aliphatic rings. The summed E-state index contributed by atoms with van der Waals surface area (Å²) in [6.07, 6.45) is 6.63. The molecule has 1 atom stereocenters. The highest BCUT2D eigenvalue weighted by Gasteiger charge is 2.10. The predicted molar refractivity (Wildman–Crippen MR) is 85.7 cm³/mol. The van der Waals surface area contributed by atoms with Crippen molar-refractivity contribution in [3.05, 3.63) is 35.4 Å². The molecule has 108 valence electrons. The van der Waals surface area contributed by atoms with Crippen LogP contribution in [-0.4, -0.2) is 6.54 Å². The lowest BCUT2D eigenvalue weighted by molar-refractivity contribution is 0.481. The molecule has 0 fully saturated rings. The van der Waals surface area contributed by atoms with Crippen LogP contribution in [0.25, 0.3) is 0 Å². The molecule has 0 saturated carbocycles. The van der Waals surface area contributed by atoms with Crippen molar-refractivity contribution in [2.75, 3.05) is 6.54 Å². The lowest BCUT2D eigenvalue weighted by Gasteiger charge is -2.19. The summed E-state index contributed by atoms with van der Waals surface area (Å²) in [5.41, 5.74) is 2.88. The fourth-order valence-electron chi connectivity index (χ4n) is 2.52. The minimum atomic E-state index is 0.531. The SMILES string of the molecule is CCCCCCC(NCC)c1ccc(C(C)C)cc1. The van der Waals surface area contributed by atoms with Crippen molar-refractivity contribution in [3.8, 4) is 0 Å². The van der Waals surface area contributed by atoms with E-state index in [0.29, 0.717) is 12.0 Å². The number of rotatable bonds is 9. The van der Waals surface area contributed by atoms with Crippen LogP contribution in [0.5, 0.6) is 0 Å². The van der Waals surface area contributed by atoms with E-state index in [4.69, 9.17) is 0 Å². The molecule has 1 aromatic carbocycles. The summed E-state index contributed by atoms with van der Waals surface area (Å²) in [4.78, 5) is 0. The fourth-order valence-corrected chi connectivity index (χ4v) is 2.52. The molecular weight excluding hydrogens is 230 g/mol. The molecule has 0 amide bonds. The zero-order valence-corrected chi connectivity index (χ0v) is 13.2. The molecule has 0 radical (unpaired) electrons. The first-order chi connectivity index (χ1) is 9.19. The highest BCUT2D eigenvalue weighted by atomic mass is 14.9. The Morgan fingerprint density at radius 1 is 0.895 bits per heavy atom. The summed E-state index contributed by atoms with van der Waals surface area (Å²) in [6, 6.07) is 9.72. The molecule has 1 aromatic rings. The van der Waals surface area contributed by atoms with E-state index in [1.807, 2.05) is 0 Å². The van der Waals surface area contributed by atoms with Gasteiger partial charge in [0.15, 0.2) is 0 Å². The normalized spacial score (nSPS) is 12.9. The Kier molecular flexibility index (Phi) is 7.81. The maximum atomic E-state index is 3.62. The largest absolute Gasteiger partial charge is 0.310 e. The van der Waals surface area contributed by atoms with Crippen LogP contribution in [0.2, 0.25) is 0 Å². The molecule has 1 heteroatoms. The predicted octanol–water partition coefficient (Wildman–Crippen LogP) is 5.43. The number of hydrogen-bond acceptors (Lipinski definition) is 1. The Labute approximate surface area is 119 Å². The third-order valence-electron chi connectivity index (χ3n) is 3.80. The monoisotopic (exact) mass is 261 g/mol. The van der Waals surface area contributed by atoms with Crippen molar-refractivity contribution in [2.24, 2.45) is 0 Å². The van der Waals surface area contributed by atoms with Gasteiger partial charge in [-0.25, -0.2) is 0 Å². The van der Waals surface area contributed by atoms with Gasteiger partial charge in [-0.2, -0.15) is 0 Å². The fraction of sp³-hybridized carbons (Fsp3) is 0.667. The van der Waals surface area contributed by atoms with Gasteiger partial charge in [-0.05, 0) is 30.0 Å². The first kappa shape index (κ1) is 16.2. The lowest BCUT2D eigenvalue weighted by atomic mass is 9.96. The number of unbranched alkanes of at least 4 members (excludes halogenated alkanes) is 3. The van der Waals surface area contributed by atoms with E-state index in [9.17, 15) is 0 Å². The molecule has 19 heavy (non-hydrogen) atoms. The highest BCUT2D eigenvalue weighted by Crippen LogP contribution is 2.22. The zero-order chi connectivity index (χ0) is 14.1. The van der Waals surface area contributed by atoms with Crippen LogP contribution in [0.1, 0.15) is 82.9 Å². The smallest absolute Gasteiger partial charge is 0.0320 e. The van der Waals surface area contributed by atoms with E-state index in [2.05, 4.69) is 57.3 Å². The Morgan fingerprint density at radius 3 is 2.05 bits per heavy atom. The molecule has 1 nitrogen and oxygen atoms in total. The lowest BCUT2D eigenvalue weighted by Crippen LogP contribution is -2.20. The van der Waals surface area contributed by atoms with E-state index < -0.39 is 0 Å². The Morgan fingerprint density at radius 2 is 1.53 bits per heavy atom. The Balaban J connectivity index is 2.59. The summed E-state index contributed by atoms with van der Waals surface area (Å²) < 4.78 is 0. The van der Waals surface area contributed by atoms with Gasteiger partial charge in [-0.3, -0.25) is 0 Å². The van der Waals surface area contributed by atoms with Gasteiger partial charge in [0, 0.05) is 6.04 Å².